The number of hydrogen-bond acceptors (Lipinski definition) is 6. The zero-order valence-corrected chi connectivity index (χ0v) is 13.7. The van der Waals surface area contributed by atoms with E-state index < -0.39 is 0 Å². The van der Waals surface area contributed by atoms with Crippen LogP contribution < -0.4 is 10.6 Å². The minimum Gasteiger partial charge on any atom is -0.465 e. The lowest BCUT2D eigenvalue weighted by Gasteiger charge is -2.26. The maximum atomic E-state index is 11.8. The summed E-state index contributed by atoms with van der Waals surface area (Å²) in [6.45, 7) is 2.10. The Labute approximate surface area is 128 Å². The fourth-order valence-electron chi connectivity index (χ4n) is 2.52. The molecule has 0 bridgehead atoms. The van der Waals surface area contributed by atoms with Gasteiger partial charge in [0.1, 0.15) is 9.88 Å². The van der Waals surface area contributed by atoms with Crippen LogP contribution in [0.2, 0.25) is 0 Å². The molecular weight excluding hydrogens is 292 g/mol. The number of nitrogens with zero attached hydrogens (tertiary/aromatic N) is 1. The Morgan fingerprint density at radius 2 is 1.85 bits per heavy atom. The van der Waals surface area contributed by atoms with Gasteiger partial charge in [-0.1, -0.05) is 19.3 Å². The van der Waals surface area contributed by atoms with Gasteiger partial charge in [-0.3, -0.25) is 0 Å². The van der Waals surface area contributed by atoms with E-state index in [4.69, 9.17) is 10.5 Å². The van der Waals surface area contributed by atoms with Gasteiger partial charge in [-0.15, -0.1) is 23.1 Å². The van der Waals surface area contributed by atoms with E-state index in [0.717, 1.165) is 23.0 Å². The van der Waals surface area contributed by atoms with E-state index in [2.05, 4.69) is 4.90 Å². The molecule has 0 spiro atoms. The average molecular weight is 314 g/mol. The first kappa shape index (κ1) is 15.5. The summed E-state index contributed by atoms with van der Waals surface area (Å²) in [5.41, 5.74) is 6.71. The summed E-state index contributed by atoms with van der Waals surface area (Å²) in [5.74, 6) is -0.332. The Bertz CT molecular complexity index is 466. The van der Waals surface area contributed by atoms with E-state index in [0.29, 0.717) is 10.6 Å². The number of thiophene rings is 1. The molecule has 6 heteroatoms. The molecule has 2 heterocycles. The number of methoxy groups -OCH3 is 1. The third-order valence-electron chi connectivity index (χ3n) is 3.60. The Morgan fingerprint density at radius 3 is 2.40 bits per heavy atom. The molecule has 2 rings (SSSR count). The molecular formula is C14H22N2O2S2. The molecule has 112 valence electrons. The van der Waals surface area contributed by atoms with Crippen molar-refractivity contribution in [3.63, 3.8) is 0 Å². The molecule has 1 saturated heterocycles. The van der Waals surface area contributed by atoms with Crippen LogP contribution in [0.5, 0.6) is 0 Å². The average Bonchev–Trinajstić information content (AvgIpc) is 2.74. The van der Waals surface area contributed by atoms with Crippen molar-refractivity contribution in [1.29, 1.82) is 0 Å². The predicted molar refractivity (Wildman–Crippen MR) is 87.1 cm³/mol. The van der Waals surface area contributed by atoms with Crippen LogP contribution in [0, 0.1) is 0 Å². The largest absolute Gasteiger partial charge is 0.465 e. The molecule has 4 nitrogen and oxygen atoms in total. The number of ether oxygens (including phenoxy) is 1. The SMILES string of the molecule is COC(=O)c1sc(N2CCCCCCC2)c(SC)c1N. The van der Waals surface area contributed by atoms with Crippen molar-refractivity contribution in [1.82, 2.24) is 0 Å². The molecule has 0 aliphatic carbocycles. The van der Waals surface area contributed by atoms with Gasteiger partial charge in [-0.05, 0) is 19.1 Å². The predicted octanol–water partition coefficient (Wildman–Crippen LogP) is 3.61. The minimum absolute atomic E-state index is 0.332. The van der Waals surface area contributed by atoms with Crippen LogP contribution in [0.4, 0.5) is 10.7 Å². The number of nitrogen functional groups attached to an aromatic ring is 1. The van der Waals surface area contributed by atoms with Gasteiger partial charge in [0.15, 0.2) is 0 Å². The zero-order chi connectivity index (χ0) is 14.5. The normalized spacial score (nSPS) is 16.6. The highest BCUT2D eigenvalue weighted by atomic mass is 32.2. The van der Waals surface area contributed by atoms with Crippen LogP contribution in [-0.2, 0) is 4.74 Å². The smallest absolute Gasteiger partial charge is 0.350 e. The molecule has 1 aromatic rings. The molecule has 0 saturated carbocycles. The molecule has 1 aromatic heterocycles. The van der Waals surface area contributed by atoms with E-state index in [1.165, 1.54) is 50.6 Å². The van der Waals surface area contributed by atoms with Crippen molar-refractivity contribution in [3.8, 4) is 0 Å². The minimum atomic E-state index is -0.332. The second kappa shape index (κ2) is 7.22. The standard InChI is InChI=1S/C14H22N2O2S2/c1-18-14(17)12-10(15)11(19-2)13(20-12)16-8-6-4-3-5-7-9-16/h3-9,15H2,1-2H3. The second-order valence-corrected chi connectivity index (χ2v) is 6.75. The number of nitrogens with two attached hydrogens (primary N) is 1. The van der Waals surface area contributed by atoms with Gasteiger partial charge in [-0.2, -0.15) is 0 Å². The number of carbonyl (C=O) groups is 1. The van der Waals surface area contributed by atoms with Crippen LogP contribution in [-0.4, -0.2) is 32.4 Å². The molecule has 0 amide bonds. The summed E-state index contributed by atoms with van der Waals surface area (Å²) in [5, 5.41) is 1.14. The molecule has 0 unspecified atom stereocenters. The maximum absolute atomic E-state index is 11.8. The zero-order valence-electron chi connectivity index (χ0n) is 12.1. The Balaban J connectivity index is 2.31. The van der Waals surface area contributed by atoms with Gasteiger partial charge in [0.05, 0.1) is 17.7 Å². The number of anilines is 2. The quantitative estimate of drug-likeness (QED) is 0.682. The number of thioether (sulfide) groups is 1. The van der Waals surface area contributed by atoms with E-state index in [9.17, 15) is 4.79 Å². The highest BCUT2D eigenvalue weighted by molar-refractivity contribution is 7.99. The van der Waals surface area contributed by atoms with Crippen molar-refractivity contribution in [2.24, 2.45) is 0 Å². The van der Waals surface area contributed by atoms with Gasteiger partial charge in [0, 0.05) is 13.1 Å². The Morgan fingerprint density at radius 1 is 1.25 bits per heavy atom. The van der Waals surface area contributed by atoms with E-state index in [1.54, 1.807) is 11.8 Å². The summed E-state index contributed by atoms with van der Waals surface area (Å²) in [4.78, 5) is 15.7. The van der Waals surface area contributed by atoms with Crippen LogP contribution in [0.3, 0.4) is 0 Å². The summed E-state index contributed by atoms with van der Waals surface area (Å²) in [7, 11) is 1.40. The molecule has 1 aliphatic heterocycles. The highest BCUT2D eigenvalue weighted by Crippen LogP contribution is 2.44. The number of rotatable bonds is 3. The molecule has 0 radical (unpaired) electrons. The fraction of sp³-hybridized carbons (Fsp3) is 0.643. The van der Waals surface area contributed by atoms with Gasteiger partial charge in [0.25, 0.3) is 0 Å². The lowest BCUT2D eigenvalue weighted by molar-refractivity contribution is 0.0607. The molecule has 20 heavy (non-hydrogen) atoms. The Hall–Kier alpha value is -0.880. The molecule has 1 fully saturated rings. The van der Waals surface area contributed by atoms with Crippen LogP contribution >= 0.6 is 23.1 Å². The highest BCUT2D eigenvalue weighted by Gasteiger charge is 2.24. The summed E-state index contributed by atoms with van der Waals surface area (Å²) in [6, 6.07) is 0. The van der Waals surface area contributed by atoms with Crippen molar-refractivity contribution in [3.05, 3.63) is 4.88 Å². The van der Waals surface area contributed by atoms with Crippen molar-refractivity contribution < 1.29 is 9.53 Å². The maximum Gasteiger partial charge on any atom is 0.350 e. The van der Waals surface area contributed by atoms with Crippen LogP contribution in [0.15, 0.2) is 4.90 Å². The first-order chi connectivity index (χ1) is 9.69. The van der Waals surface area contributed by atoms with Crippen molar-refractivity contribution >= 4 is 39.8 Å². The van der Waals surface area contributed by atoms with Crippen LogP contribution in [0.25, 0.3) is 0 Å². The summed E-state index contributed by atoms with van der Waals surface area (Å²) in [6.07, 6.45) is 8.33. The molecule has 2 N–H and O–H groups in total. The van der Waals surface area contributed by atoms with E-state index >= 15 is 0 Å². The fourth-order valence-corrected chi connectivity index (χ4v) is 4.67. The second-order valence-electron chi connectivity index (χ2n) is 4.93. The van der Waals surface area contributed by atoms with Crippen LogP contribution in [0.1, 0.15) is 41.8 Å². The summed E-state index contributed by atoms with van der Waals surface area (Å²) < 4.78 is 4.83. The lowest BCUT2D eigenvalue weighted by Crippen LogP contribution is -2.26. The third-order valence-corrected chi connectivity index (χ3v) is 5.80. The van der Waals surface area contributed by atoms with E-state index in [-0.39, 0.29) is 5.97 Å². The number of esters is 1. The monoisotopic (exact) mass is 314 g/mol. The third kappa shape index (κ3) is 3.23. The first-order valence-corrected chi connectivity index (χ1v) is 9.02. The molecule has 0 aromatic carbocycles. The molecule has 1 aliphatic rings. The number of carbonyl (C=O) groups excluding carboxylic acids is 1. The molecule has 0 atom stereocenters. The van der Waals surface area contributed by atoms with Gasteiger partial charge in [0.2, 0.25) is 0 Å². The lowest BCUT2D eigenvalue weighted by atomic mass is 10.1. The Kier molecular flexibility index (Phi) is 5.60. The van der Waals surface area contributed by atoms with Crippen molar-refractivity contribution in [2.75, 3.05) is 37.1 Å². The first-order valence-electron chi connectivity index (χ1n) is 6.98. The van der Waals surface area contributed by atoms with Gasteiger partial charge in [-0.25, -0.2) is 4.79 Å². The number of hydrogen-bond donors (Lipinski definition) is 1. The van der Waals surface area contributed by atoms with Gasteiger partial charge >= 0.3 is 5.97 Å². The van der Waals surface area contributed by atoms with Crippen molar-refractivity contribution in [2.45, 2.75) is 37.0 Å². The topological polar surface area (TPSA) is 55.6 Å². The van der Waals surface area contributed by atoms with Gasteiger partial charge < -0.3 is 15.4 Å². The van der Waals surface area contributed by atoms with E-state index in [1.807, 2.05) is 6.26 Å². The summed E-state index contributed by atoms with van der Waals surface area (Å²) >= 11 is 3.08.